The van der Waals surface area contributed by atoms with Crippen molar-refractivity contribution in [1.82, 2.24) is 5.43 Å². The van der Waals surface area contributed by atoms with Crippen LogP contribution in [-0.4, -0.2) is 33.3 Å². The molecular formula is C27H27N3O3S. The Balaban J connectivity index is 1.57. The molecule has 0 spiro atoms. The number of hydrogen-bond donors (Lipinski definition) is 1. The number of sulfonamides is 1. The summed E-state index contributed by atoms with van der Waals surface area (Å²) in [6, 6.07) is 25.3. The number of nitrogens with one attached hydrogen (secondary N) is 1. The van der Waals surface area contributed by atoms with Crippen LogP contribution >= 0.6 is 0 Å². The number of carbonyl (C=O) groups excluding carboxylic acids is 1. The van der Waals surface area contributed by atoms with Crippen LogP contribution in [0.25, 0.3) is 21.5 Å². The zero-order valence-electron chi connectivity index (χ0n) is 19.4. The van der Waals surface area contributed by atoms with Crippen LogP contribution in [0.2, 0.25) is 0 Å². The van der Waals surface area contributed by atoms with Crippen LogP contribution in [0.1, 0.15) is 30.9 Å². The van der Waals surface area contributed by atoms with E-state index in [9.17, 15) is 13.2 Å². The lowest BCUT2D eigenvalue weighted by atomic mass is 9.97. The first-order valence-corrected chi connectivity index (χ1v) is 12.9. The maximum Gasteiger partial charge on any atom is 0.260 e. The summed E-state index contributed by atoms with van der Waals surface area (Å²) in [5.74, 6) is -0.206. The third-order valence-corrected chi connectivity index (χ3v) is 6.87. The summed E-state index contributed by atoms with van der Waals surface area (Å²) in [4.78, 5) is 12.6. The van der Waals surface area contributed by atoms with Crippen molar-refractivity contribution in [1.29, 1.82) is 0 Å². The number of anilines is 1. The molecule has 0 atom stereocenters. The van der Waals surface area contributed by atoms with Crippen LogP contribution in [0, 0.1) is 0 Å². The largest absolute Gasteiger partial charge is 0.271 e. The monoisotopic (exact) mass is 473 g/mol. The molecule has 0 bridgehead atoms. The van der Waals surface area contributed by atoms with Crippen molar-refractivity contribution < 1.29 is 13.2 Å². The molecular weight excluding hydrogens is 446 g/mol. The van der Waals surface area contributed by atoms with E-state index >= 15 is 0 Å². The Hall–Kier alpha value is -3.71. The number of hydrogen-bond acceptors (Lipinski definition) is 4. The average molecular weight is 474 g/mol. The van der Waals surface area contributed by atoms with Gasteiger partial charge < -0.3 is 0 Å². The highest BCUT2D eigenvalue weighted by atomic mass is 32.2. The fraction of sp³-hybridized carbons (Fsp3) is 0.185. The van der Waals surface area contributed by atoms with Crippen molar-refractivity contribution in [2.45, 2.75) is 19.8 Å². The van der Waals surface area contributed by atoms with Gasteiger partial charge in [-0.05, 0) is 51.2 Å². The minimum Gasteiger partial charge on any atom is -0.271 e. The number of carbonyl (C=O) groups is 1. The van der Waals surface area contributed by atoms with Crippen molar-refractivity contribution >= 4 is 49.4 Å². The molecule has 1 N–H and O–H groups in total. The predicted octanol–water partition coefficient (Wildman–Crippen LogP) is 5.03. The summed E-state index contributed by atoms with van der Waals surface area (Å²) in [5, 5.41) is 8.34. The molecule has 0 heterocycles. The molecule has 174 valence electrons. The molecule has 4 aromatic rings. The standard InChI is InChI=1S/C27H27N3O3S/c1-19(2)20-12-14-23(15-13-20)30(34(3,32)33)18-27(31)29-28-17-26-24-10-6-4-8-21(24)16-22-9-5-7-11-25(22)26/h4-17,19H,18H2,1-3H3,(H,29,31)/b28-17-. The number of benzene rings is 4. The van der Waals surface area contributed by atoms with Crippen LogP contribution in [0.15, 0.2) is 84.0 Å². The van der Waals surface area contributed by atoms with E-state index in [0.29, 0.717) is 11.6 Å². The van der Waals surface area contributed by atoms with E-state index in [0.717, 1.165) is 43.2 Å². The Kier molecular flexibility index (Phi) is 6.65. The third kappa shape index (κ3) is 5.10. The lowest BCUT2D eigenvalue weighted by Gasteiger charge is -2.21. The average Bonchev–Trinajstić information content (AvgIpc) is 2.81. The highest BCUT2D eigenvalue weighted by Gasteiger charge is 2.21. The van der Waals surface area contributed by atoms with Gasteiger partial charge in [-0.3, -0.25) is 9.10 Å². The quantitative estimate of drug-likeness (QED) is 0.232. The number of fused-ring (bicyclic) bond motifs is 2. The van der Waals surface area contributed by atoms with Crippen molar-refractivity contribution in [2.24, 2.45) is 5.10 Å². The minimum atomic E-state index is -3.66. The molecule has 0 unspecified atom stereocenters. The maximum atomic E-state index is 12.6. The Morgan fingerprint density at radius 3 is 2.03 bits per heavy atom. The Morgan fingerprint density at radius 2 is 1.50 bits per heavy atom. The number of amides is 1. The Labute approximate surface area is 200 Å². The molecule has 0 aliphatic carbocycles. The molecule has 0 radical (unpaired) electrons. The zero-order valence-corrected chi connectivity index (χ0v) is 20.2. The molecule has 4 rings (SSSR count). The molecule has 4 aromatic carbocycles. The second kappa shape index (κ2) is 9.65. The van der Waals surface area contributed by atoms with Crippen molar-refractivity contribution in [3.63, 3.8) is 0 Å². The zero-order chi connectivity index (χ0) is 24.3. The van der Waals surface area contributed by atoms with E-state index in [1.807, 2.05) is 60.7 Å². The SMILES string of the molecule is CC(C)c1ccc(N(CC(=O)N/N=C\c2c3ccccc3cc3ccccc23)S(C)(=O)=O)cc1. The molecule has 34 heavy (non-hydrogen) atoms. The van der Waals surface area contributed by atoms with Gasteiger partial charge >= 0.3 is 0 Å². The molecule has 0 saturated carbocycles. The summed E-state index contributed by atoms with van der Waals surface area (Å²) >= 11 is 0. The lowest BCUT2D eigenvalue weighted by molar-refractivity contribution is -0.119. The Bertz CT molecular complexity index is 1420. The van der Waals surface area contributed by atoms with Gasteiger partial charge in [0.15, 0.2) is 0 Å². The Morgan fingerprint density at radius 1 is 0.941 bits per heavy atom. The van der Waals surface area contributed by atoms with E-state index in [4.69, 9.17) is 0 Å². The number of nitrogens with zero attached hydrogens (tertiary/aromatic N) is 2. The van der Waals surface area contributed by atoms with Gasteiger partial charge in [0.25, 0.3) is 5.91 Å². The summed E-state index contributed by atoms with van der Waals surface area (Å²) in [6.07, 6.45) is 2.70. The van der Waals surface area contributed by atoms with Gasteiger partial charge in [-0.15, -0.1) is 0 Å². The van der Waals surface area contributed by atoms with Gasteiger partial charge in [0.2, 0.25) is 10.0 Å². The van der Waals surface area contributed by atoms with Crippen molar-refractivity contribution in [3.05, 3.63) is 90.0 Å². The predicted molar refractivity (Wildman–Crippen MR) is 140 cm³/mol. The summed E-state index contributed by atoms with van der Waals surface area (Å²) < 4.78 is 25.8. The van der Waals surface area contributed by atoms with E-state index in [1.54, 1.807) is 18.3 Å². The van der Waals surface area contributed by atoms with Crippen molar-refractivity contribution in [3.8, 4) is 0 Å². The van der Waals surface area contributed by atoms with Gasteiger partial charge in [0.05, 0.1) is 18.2 Å². The van der Waals surface area contributed by atoms with E-state index < -0.39 is 15.9 Å². The van der Waals surface area contributed by atoms with Crippen LogP contribution in [-0.2, 0) is 14.8 Å². The first kappa shape index (κ1) is 23.4. The normalized spacial score (nSPS) is 12.0. The van der Waals surface area contributed by atoms with Crippen LogP contribution in [0.5, 0.6) is 0 Å². The molecule has 0 aliphatic rings. The second-order valence-corrected chi connectivity index (χ2v) is 10.4. The molecule has 0 fully saturated rings. The van der Waals surface area contributed by atoms with Gasteiger partial charge in [0.1, 0.15) is 6.54 Å². The molecule has 7 heteroatoms. The lowest BCUT2D eigenvalue weighted by Crippen LogP contribution is -2.39. The molecule has 0 saturated heterocycles. The fourth-order valence-corrected chi connectivity index (χ4v) is 4.80. The van der Waals surface area contributed by atoms with Crippen LogP contribution in [0.4, 0.5) is 5.69 Å². The van der Waals surface area contributed by atoms with Crippen LogP contribution in [0.3, 0.4) is 0 Å². The van der Waals surface area contributed by atoms with E-state index in [2.05, 4.69) is 30.4 Å². The highest BCUT2D eigenvalue weighted by Crippen LogP contribution is 2.27. The first-order chi connectivity index (χ1) is 16.2. The maximum absolute atomic E-state index is 12.6. The number of hydrazone groups is 1. The first-order valence-electron chi connectivity index (χ1n) is 11.0. The molecule has 1 amide bonds. The topological polar surface area (TPSA) is 78.8 Å². The van der Waals surface area contributed by atoms with Gasteiger partial charge in [-0.2, -0.15) is 5.10 Å². The molecule has 0 aliphatic heterocycles. The summed E-state index contributed by atoms with van der Waals surface area (Å²) in [6.45, 7) is 3.76. The van der Waals surface area contributed by atoms with E-state index in [-0.39, 0.29) is 6.54 Å². The molecule has 0 aromatic heterocycles. The summed E-state index contributed by atoms with van der Waals surface area (Å²) in [5.41, 5.74) is 4.90. The smallest absolute Gasteiger partial charge is 0.260 e. The van der Waals surface area contributed by atoms with Gasteiger partial charge in [-0.1, -0.05) is 74.5 Å². The third-order valence-electron chi connectivity index (χ3n) is 5.73. The van der Waals surface area contributed by atoms with Gasteiger partial charge in [-0.25, -0.2) is 13.8 Å². The van der Waals surface area contributed by atoms with Gasteiger partial charge in [0, 0.05) is 5.56 Å². The highest BCUT2D eigenvalue weighted by molar-refractivity contribution is 7.92. The molecule has 6 nitrogen and oxygen atoms in total. The second-order valence-electron chi connectivity index (χ2n) is 8.54. The van der Waals surface area contributed by atoms with Crippen LogP contribution < -0.4 is 9.73 Å². The van der Waals surface area contributed by atoms with E-state index in [1.165, 1.54) is 0 Å². The fourth-order valence-electron chi connectivity index (χ4n) is 3.95. The number of rotatable bonds is 7. The minimum absolute atomic E-state index is 0.323. The van der Waals surface area contributed by atoms with Crippen molar-refractivity contribution in [2.75, 3.05) is 17.1 Å². The summed E-state index contributed by atoms with van der Waals surface area (Å²) in [7, 11) is -3.66.